The highest BCUT2D eigenvalue weighted by molar-refractivity contribution is 6.39. The van der Waals surface area contributed by atoms with Crippen molar-refractivity contribution in [2.45, 2.75) is 6.54 Å². The second-order valence-corrected chi connectivity index (χ2v) is 4.93. The van der Waals surface area contributed by atoms with Gasteiger partial charge in [-0.15, -0.1) is 0 Å². The molecule has 0 aliphatic rings. The van der Waals surface area contributed by atoms with Gasteiger partial charge in [0.15, 0.2) is 0 Å². The highest BCUT2D eigenvalue weighted by Gasteiger charge is 2.14. The molecule has 0 aliphatic heterocycles. The summed E-state index contributed by atoms with van der Waals surface area (Å²) in [7, 11) is 0. The fourth-order valence-corrected chi connectivity index (χ4v) is 2.25. The third-order valence-electron chi connectivity index (χ3n) is 2.68. The van der Waals surface area contributed by atoms with Crippen LogP contribution in [0.15, 0.2) is 36.5 Å². The summed E-state index contributed by atoms with van der Waals surface area (Å²) >= 11 is 11.9. The first-order valence-corrected chi connectivity index (χ1v) is 6.65. The van der Waals surface area contributed by atoms with Gasteiger partial charge in [0.2, 0.25) is 0 Å². The first-order valence-electron chi connectivity index (χ1n) is 5.89. The smallest absolute Gasteiger partial charge is 0.335 e. The zero-order valence-electron chi connectivity index (χ0n) is 10.6. The normalized spacial score (nSPS) is 10.2. The number of hydrogen-bond donors (Lipinski definition) is 2. The second kappa shape index (κ2) is 6.56. The van der Waals surface area contributed by atoms with E-state index in [0.29, 0.717) is 5.69 Å². The number of nitrogens with one attached hydrogen (secondary N) is 1. The van der Waals surface area contributed by atoms with Gasteiger partial charge < -0.3 is 10.4 Å². The van der Waals surface area contributed by atoms with Crippen LogP contribution in [0.2, 0.25) is 10.0 Å². The number of halogens is 2. The van der Waals surface area contributed by atoms with Crippen molar-refractivity contribution >= 4 is 35.1 Å². The number of benzene rings is 1. The Kier molecular flexibility index (Phi) is 4.77. The molecule has 0 saturated heterocycles. The average molecular weight is 325 g/mol. The van der Waals surface area contributed by atoms with Crippen LogP contribution >= 0.6 is 23.2 Å². The lowest BCUT2D eigenvalue weighted by molar-refractivity contribution is 0.0696. The van der Waals surface area contributed by atoms with Crippen LogP contribution in [0.1, 0.15) is 26.4 Å². The van der Waals surface area contributed by atoms with Crippen LogP contribution in [0.5, 0.6) is 0 Å². The first-order chi connectivity index (χ1) is 9.99. The summed E-state index contributed by atoms with van der Waals surface area (Å²) in [6, 6.07) is 7.52. The Morgan fingerprint density at radius 1 is 1.19 bits per heavy atom. The van der Waals surface area contributed by atoms with E-state index in [1.165, 1.54) is 18.3 Å². The van der Waals surface area contributed by atoms with Gasteiger partial charge in [0.05, 0.1) is 33.4 Å². The molecule has 2 aromatic rings. The number of carboxylic acid groups (broad SMARTS) is 1. The van der Waals surface area contributed by atoms with Gasteiger partial charge in [-0.3, -0.25) is 9.78 Å². The Morgan fingerprint density at radius 2 is 1.86 bits per heavy atom. The molecular weight excluding hydrogens is 315 g/mol. The van der Waals surface area contributed by atoms with E-state index in [1.807, 2.05) is 0 Å². The third kappa shape index (κ3) is 3.71. The van der Waals surface area contributed by atoms with Gasteiger partial charge >= 0.3 is 5.97 Å². The van der Waals surface area contributed by atoms with E-state index in [-0.39, 0.29) is 27.7 Å². The molecule has 0 bridgehead atoms. The van der Waals surface area contributed by atoms with Crippen LogP contribution in [0.4, 0.5) is 0 Å². The van der Waals surface area contributed by atoms with Crippen LogP contribution in [0.3, 0.4) is 0 Å². The highest BCUT2D eigenvalue weighted by atomic mass is 35.5. The van der Waals surface area contributed by atoms with E-state index in [0.717, 1.165) is 0 Å². The Hall–Kier alpha value is -2.11. The Balaban J connectivity index is 2.11. The largest absolute Gasteiger partial charge is 0.478 e. The average Bonchev–Trinajstić information content (AvgIpc) is 2.45. The number of hydrogen-bond acceptors (Lipinski definition) is 3. The van der Waals surface area contributed by atoms with Crippen LogP contribution < -0.4 is 5.32 Å². The standard InChI is InChI=1S/C14H10Cl2N2O3/c15-10-2-1-3-11(16)12(10)13(19)18-7-9-6-8(14(20)21)4-5-17-9/h1-6H,7H2,(H,18,19)(H,20,21). The number of aromatic nitrogens is 1. The van der Waals surface area contributed by atoms with Gasteiger partial charge in [-0.1, -0.05) is 29.3 Å². The molecule has 21 heavy (non-hydrogen) atoms. The van der Waals surface area contributed by atoms with E-state index >= 15 is 0 Å². The molecule has 0 saturated carbocycles. The fraction of sp³-hybridized carbons (Fsp3) is 0.0714. The van der Waals surface area contributed by atoms with Crippen LogP contribution in [0, 0.1) is 0 Å². The Labute approximate surface area is 130 Å². The molecule has 0 spiro atoms. The van der Waals surface area contributed by atoms with Crippen LogP contribution in [-0.4, -0.2) is 22.0 Å². The third-order valence-corrected chi connectivity index (χ3v) is 3.31. The van der Waals surface area contributed by atoms with Crippen LogP contribution in [-0.2, 0) is 6.54 Å². The maximum atomic E-state index is 12.1. The van der Waals surface area contributed by atoms with Gasteiger partial charge in [0.1, 0.15) is 0 Å². The number of aromatic carboxylic acids is 1. The van der Waals surface area contributed by atoms with Gasteiger partial charge in [-0.25, -0.2) is 4.79 Å². The molecule has 0 unspecified atom stereocenters. The summed E-state index contributed by atoms with van der Waals surface area (Å²) in [6.45, 7) is 0.0709. The predicted molar refractivity (Wildman–Crippen MR) is 78.8 cm³/mol. The fourth-order valence-electron chi connectivity index (χ4n) is 1.68. The zero-order valence-corrected chi connectivity index (χ0v) is 12.1. The topological polar surface area (TPSA) is 79.3 Å². The van der Waals surface area contributed by atoms with E-state index in [4.69, 9.17) is 28.3 Å². The summed E-state index contributed by atoms with van der Waals surface area (Å²) in [4.78, 5) is 26.9. The van der Waals surface area contributed by atoms with Crippen molar-refractivity contribution < 1.29 is 14.7 Å². The number of pyridine rings is 1. The van der Waals surface area contributed by atoms with Crippen molar-refractivity contribution in [3.8, 4) is 0 Å². The summed E-state index contributed by atoms with van der Waals surface area (Å²) in [6.07, 6.45) is 1.37. The molecule has 1 amide bonds. The molecule has 5 nitrogen and oxygen atoms in total. The van der Waals surface area contributed by atoms with Crippen molar-refractivity contribution in [1.82, 2.24) is 10.3 Å². The molecule has 2 N–H and O–H groups in total. The zero-order chi connectivity index (χ0) is 15.4. The van der Waals surface area contributed by atoms with E-state index in [2.05, 4.69) is 10.3 Å². The molecule has 1 aromatic heterocycles. The lowest BCUT2D eigenvalue weighted by atomic mass is 10.2. The van der Waals surface area contributed by atoms with Crippen molar-refractivity contribution in [3.05, 3.63) is 63.4 Å². The molecular formula is C14H10Cl2N2O3. The lowest BCUT2D eigenvalue weighted by Gasteiger charge is -2.08. The predicted octanol–water partition coefficient (Wildman–Crippen LogP) is 3.02. The number of rotatable bonds is 4. The van der Waals surface area contributed by atoms with E-state index < -0.39 is 11.9 Å². The van der Waals surface area contributed by atoms with Crippen molar-refractivity contribution in [2.24, 2.45) is 0 Å². The number of nitrogens with zero attached hydrogens (tertiary/aromatic N) is 1. The minimum atomic E-state index is -1.06. The molecule has 1 heterocycles. The maximum absolute atomic E-state index is 12.1. The Morgan fingerprint density at radius 3 is 2.48 bits per heavy atom. The number of carbonyl (C=O) groups is 2. The molecule has 1 aromatic carbocycles. The lowest BCUT2D eigenvalue weighted by Crippen LogP contribution is -2.24. The summed E-state index contributed by atoms with van der Waals surface area (Å²) in [5, 5.41) is 12.0. The number of carbonyl (C=O) groups excluding carboxylic acids is 1. The summed E-state index contributed by atoms with van der Waals surface area (Å²) in [5.74, 6) is -1.51. The molecule has 108 valence electrons. The highest BCUT2D eigenvalue weighted by Crippen LogP contribution is 2.23. The minimum absolute atomic E-state index is 0.0709. The van der Waals surface area contributed by atoms with Gasteiger partial charge in [-0.05, 0) is 24.3 Å². The minimum Gasteiger partial charge on any atom is -0.478 e. The quantitative estimate of drug-likeness (QED) is 0.906. The monoisotopic (exact) mass is 324 g/mol. The second-order valence-electron chi connectivity index (χ2n) is 4.12. The number of amides is 1. The van der Waals surface area contributed by atoms with Gasteiger partial charge in [0, 0.05) is 6.20 Å². The molecule has 2 rings (SSSR count). The van der Waals surface area contributed by atoms with Crippen molar-refractivity contribution in [2.75, 3.05) is 0 Å². The van der Waals surface area contributed by atoms with Gasteiger partial charge in [-0.2, -0.15) is 0 Å². The molecule has 0 atom stereocenters. The molecule has 0 aliphatic carbocycles. The maximum Gasteiger partial charge on any atom is 0.335 e. The number of carboxylic acids is 1. The SMILES string of the molecule is O=C(O)c1ccnc(CNC(=O)c2c(Cl)cccc2Cl)c1. The van der Waals surface area contributed by atoms with Crippen molar-refractivity contribution in [1.29, 1.82) is 0 Å². The van der Waals surface area contributed by atoms with E-state index in [1.54, 1.807) is 18.2 Å². The molecule has 0 fully saturated rings. The summed E-state index contributed by atoms with van der Waals surface area (Å²) in [5.41, 5.74) is 0.701. The van der Waals surface area contributed by atoms with Gasteiger partial charge in [0.25, 0.3) is 5.91 Å². The van der Waals surface area contributed by atoms with Crippen LogP contribution in [0.25, 0.3) is 0 Å². The van der Waals surface area contributed by atoms with Crippen molar-refractivity contribution in [3.63, 3.8) is 0 Å². The summed E-state index contributed by atoms with van der Waals surface area (Å²) < 4.78 is 0. The first kappa shape index (κ1) is 15.3. The Bertz CT molecular complexity index is 684. The molecule has 0 radical (unpaired) electrons. The van der Waals surface area contributed by atoms with E-state index in [9.17, 15) is 9.59 Å². The molecule has 7 heteroatoms.